The Labute approximate surface area is 163 Å². The van der Waals surface area contributed by atoms with Crippen LogP contribution in [0.4, 0.5) is 0 Å². The molecule has 1 atom stereocenters. The lowest BCUT2D eigenvalue weighted by Crippen LogP contribution is -2.60. The zero-order valence-electron chi connectivity index (χ0n) is 17.1. The molecule has 1 aromatic rings. The molecule has 2 fully saturated rings. The SMILES string of the molecule is Cc1cc(C)cc(OC(C)C(=O)NCC2(N3CCOCC3)CCCCC2)c1. The monoisotopic (exact) mass is 374 g/mol. The lowest BCUT2D eigenvalue weighted by molar-refractivity contribution is -0.128. The molecule has 5 heteroatoms. The van der Waals surface area contributed by atoms with Gasteiger partial charge in [0.05, 0.1) is 13.2 Å². The summed E-state index contributed by atoms with van der Waals surface area (Å²) in [5.74, 6) is 0.725. The van der Waals surface area contributed by atoms with Gasteiger partial charge < -0.3 is 14.8 Å². The van der Waals surface area contributed by atoms with Crippen LogP contribution in [0.15, 0.2) is 18.2 Å². The minimum Gasteiger partial charge on any atom is -0.481 e. The van der Waals surface area contributed by atoms with Crippen molar-refractivity contribution in [2.24, 2.45) is 0 Å². The number of hydrogen-bond acceptors (Lipinski definition) is 4. The summed E-state index contributed by atoms with van der Waals surface area (Å²) in [4.78, 5) is 15.3. The highest BCUT2D eigenvalue weighted by atomic mass is 16.5. The molecule has 1 heterocycles. The van der Waals surface area contributed by atoms with E-state index in [9.17, 15) is 4.79 Å². The number of benzene rings is 1. The summed E-state index contributed by atoms with van der Waals surface area (Å²) in [5, 5.41) is 3.19. The molecule has 2 aliphatic rings. The minimum atomic E-state index is -0.503. The first-order chi connectivity index (χ1) is 13.0. The van der Waals surface area contributed by atoms with Gasteiger partial charge in [0.15, 0.2) is 6.10 Å². The molecule has 0 radical (unpaired) electrons. The van der Waals surface area contributed by atoms with E-state index in [0.717, 1.165) is 56.0 Å². The van der Waals surface area contributed by atoms with Crippen molar-refractivity contribution in [1.29, 1.82) is 0 Å². The molecule has 1 aliphatic heterocycles. The third kappa shape index (κ3) is 5.23. The molecule has 0 aromatic heterocycles. The molecule has 3 rings (SSSR count). The van der Waals surface area contributed by atoms with Gasteiger partial charge in [-0.15, -0.1) is 0 Å². The van der Waals surface area contributed by atoms with Crippen molar-refractivity contribution >= 4 is 5.91 Å². The Morgan fingerprint density at radius 1 is 1.15 bits per heavy atom. The molecule has 1 aliphatic carbocycles. The van der Waals surface area contributed by atoms with Crippen LogP contribution in [0.2, 0.25) is 0 Å². The Balaban J connectivity index is 1.59. The van der Waals surface area contributed by atoms with Crippen molar-refractivity contribution < 1.29 is 14.3 Å². The van der Waals surface area contributed by atoms with Crippen LogP contribution >= 0.6 is 0 Å². The number of carbonyl (C=O) groups is 1. The summed E-state index contributed by atoms with van der Waals surface area (Å²) < 4.78 is 11.4. The lowest BCUT2D eigenvalue weighted by Gasteiger charge is -2.48. The first-order valence-electron chi connectivity index (χ1n) is 10.3. The number of morpholine rings is 1. The standard InChI is InChI=1S/C22H34N2O3/c1-17-13-18(2)15-20(14-17)27-19(3)21(25)23-16-22(7-5-4-6-8-22)24-9-11-26-12-10-24/h13-15,19H,4-12,16H2,1-3H3,(H,23,25). The normalized spacial score (nSPS) is 21.4. The highest BCUT2D eigenvalue weighted by Gasteiger charge is 2.39. The van der Waals surface area contributed by atoms with Gasteiger partial charge in [0, 0.05) is 25.2 Å². The van der Waals surface area contributed by atoms with Crippen molar-refractivity contribution in [2.75, 3.05) is 32.8 Å². The van der Waals surface area contributed by atoms with E-state index in [4.69, 9.17) is 9.47 Å². The molecule has 27 heavy (non-hydrogen) atoms. The van der Waals surface area contributed by atoms with Crippen LogP contribution in [0.1, 0.15) is 50.2 Å². The summed E-state index contributed by atoms with van der Waals surface area (Å²) in [5.41, 5.74) is 2.37. The third-order valence-corrected chi connectivity index (χ3v) is 5.94. The van der Waals surface area contributed by atoms with Crippen LogP contribution < -0.4 is 10.1 Å². The quantitative estimate of drug-likeness (QED) is 0.831. The average molecular weight is 375 g/mol. The molecule has 5 nitrogen and oxygen atoms in total. The second kappa shape index (κ2) is 9.07. The van der Waals surface area contributed by atoms with E-state index >= 15 is 0 Å². The smallest absolute Gasteiger partial charge is 0.260 e. The lowest BCUT2D eigenvalue weighted by atomic mass is 9.79. The Kier molecular flexibility index (Phi) is 6.77. The molecule has 0 spiro atoms. The number of nitrogens with one attached hydrogen (secondary N) is 1. The summed E-state index contributed by atoms with van der Waals surface area (Å²) in [6.45, 7) is 10.1. The van der Waals surface area contributed by atoms with Crippen molar-refractivity contribution in [3.63, 3.8) is 0 Å². The largest absolute Gasteiger partial charge is 0.481 e. The van der Waals surface area contributed by atoms with E-state index in [-0.39, 0.29) is 11.4 Å². The van der Waals surface area contributed by atoms with Crippen molar-refractivity contribution in [2.45, 2.75) is 64.5 Å². The van der Waals surface area contributed by atoms with Crippen molar-refractivity contribution in [3.8, 4) is 5.75 Å². The molecule has 1 unspecified atom stereocenters. The molecule has 1 aromatic carbocycles. The Morgan fingerprint density at radius 2 is 1.78 bits per heavy atom. The van der Waals surface area contributed by atoms with Crippen LogP contribution in [0, 0.1) is 13.8 Å². The first kappa shape index (κ1) is 20.2. The van der Waals surface area contributed by atoms with E-state index in [2.05, 4.69) is 16.3 Å². The van der Waals surface area contributed by atoms with Gasteiger partial charge in [-0.25, -0.2) is 0 Å². The van der Waals surface area contributed by atoms with E-state index in [1.165, 1.54) is 19.3 Å². The minimum absolute atomic E-state index is 0.0348. The predicted octanol–water partition coefficient (Wildman–Crippen LogP) is 3.22. The van der Waals surface area contributed by atoms with Crippen LogP contribution in [-0.2, 0) is 9.53 Å². The van der Waals surface area contributed by atoms with Gasteiger partial charge in [-0.05, 0) is 56.9 Å². The topological polar surface area (TPSA) is 50.8 Å². The molecule has 150 valence electrons. The Bertz CT molecular complexity index is 614. The highest BCUT2D eigenvalue weighted by molar-refractivity contribution is 5.80. The van der Waals surface area contributed by atoms with Crippen LogP contribution in [-0.4, -0.2) is 55.3 Å². The van der Waals surface area contributed by atoms with Gasteiger partial charge in [-0.1, -0.05) is 25.3 Å². The van der Waals surface area contributed by atoms with Gasteiger partial charge >= 0.3 is 0 Å². The van der Waals surface area contributed by atoms with E-state index in [1.807, 2.05) is 32.9 Å². The van der Waals surface area contributed by atoms with Gasteiger partial charge in [0.1, 0.15) is 5.75 Å². The van der Waals surface area contributed by atoms with Crippen molar-refractivity contribution in [3.05, 3.63) is 29.3 Å². The van der Waals surface area contributed by atoms with Crippen LogP contribution in [0.5, 0.6) is 5.75 Å². The van der Waals surface area contributed by atoms with Gasteiger partial charge in [0.25, 0.3) is 5.91 Å². The van der Waals surface area contributed by atoms with E-state index in [1.54, 1.807) is 0 Å². The van der Waals surface area contributed by atoms with Gasteiger partial charge in [-0.2, -0.15) is 0 Å². The molecule has 1 saturated heterocycles. The summed E-state index contributed by atoms with van der Waals surface area (Å²) in [7, 11) is 0. The zero-order valence-corrected chi connectivity index (χ0v) is 17.1. The van der Waals surface area contributed by atoms with Gasteiger partial charge in [-0.3, -0.25) is 9.69 Å². The summed E-state index contributed by atoms with van der Waals surface area (Å²) >= 11 is 0. The van der Waals surface area contributed by atoms with Crippen LogP contribution in [0.3, 0.4) is 0 Å². The fourth-order valence-electron chi connectivity index (χ4n) is 4.51. The first-order valence-corrected chi connectivity index (χ1v) is 10.3. The Hall–Kier alpha value is -1.59. The number of carbonyl (C=O) groups excluding carboxylic acids is 1. The molecular weight excluding hydrogens is 340 g/mol. The molecule has 1 amide bonds. The number of ether oxygens (including phenoxy) is 2. The maximum Gasteiger partial charge on any atom is 0.260 e. The fourth-order valence-corrected chi connectivity index (χ4v) is 4.51. The second-order valence-electron chi connectivity index (χ2n) is 8.19. The molecule has 0 bridgehead atoms. The number of hydrogen-bond donors (Lipinski definition) is 1. The number of rotatable bonds is 6. The number of amides is 1. The Morgan fingerprint density at radius 3 is 2.41 bits per heavy atom. The molecule has 1 N–H and O–H groups in total. The van der Waals surface area contributed by atoms with E-state index < -0.39 is 6.10 Å². The third-order valence-electron chi connectivity index (χ3n) is 5.94. The van der Waals surface area contributed by atoms with Crippen LogP contribution in [0.25, 0.3) is 0 Å². The van der Waals surface area contributed by atoms with E-state index in [0.29, 0.717) is 6.54 Å². The molecular formula is C22H34N2O3. The fraction of sp³-hybridized carbons (Fsp3) is 0.682. The molecule has 1 saturated carbocycles. The summed E-state index contributed by atoms with van der Waals surface area (Å²) in [6, 6.07) is 6.06. The maximum absolute atomic E-state index is 12.7. The van der Waals surface area contributed by atoms with Gasteiger partial charge in [0.2, 0.25) is 0 Å². The number of nitrogens with zero attached hydrogens (tertiary/aromatic N) is 1. The van der Waals surface area contributed by atoms with Crippen molar-refractivity contribution in [1.82, 2.24) is 10.2 Å². The summed E-state index contributed by atoms with van der Waals surface area (Å²) in [6.07, 6.45) is 5.58. The average Bonchev–Trinajstić information content (AvgIpc) is 2.66. The number of aryl methyl sites for hydroxylation is 2. The second-order valence-corrected chi connectivity index (χ2v) is 8.19. The predicted molar refractivity (Wildman–Crippen MR) is 107 cm³/mol. The highest BCUT2D eigenvalue weighted by Crippen LogP contribution is 2.34. The zero-order chi connectivity index (χ0) is 19.3. The maximum atomic E-state index is 12.7.